The molecule has 1 atom stereocenters. The second-order valence-corrected chi connectivity index (χ2v) is 2.99. The molecule has 2 N–H and O–H groups in total. The van der Waals surface area contributed by atoms with Crippen molar-refractivity contribution in [2.24, 2.45) is 0 Å². The van der Waals surface area contributed by atoms with Crippen molar-refractivity contribution < 1.29 is 5.11 Å². The third kappa shape index (κ3) is 1.10. The molecule has 2 heteroatoms. The molecular weight excluding hydrogens is 150 g/mol. The smallest absolute Gasteiger partial charge is 0.144 e. The van der Waals surface area contributed by atoms with Gasteiger partial charge in [0.05, 0.1) is 0 Å². The summed E-state index contributed by atoms with van der Waals surface area (Å²) in [5, 5.41) is 12.3. The Labute approximate surface area is 71.5 Å². The predicted octanol–water partition coefficient (Wildman–Crippen LogP) is 1.75. The summed E-state index contributed by atoms with van der Waals surface area (Å²) in [4.78, 5) is 0. The SMILES string of the molecule is Cc1cccc2c1NC(O)C=C2. The molecule has 1 aromatic rings. The van der Waals surface area contributed by atoms with Gasteiger partial charge in [0, 0.05) is 5.69 Å². The maximum atomic E-state index is 9.28. The first-order valence-electron chi connectivity index (χ1n) is 4.00. The molecule has 1 aromatic carbocycles. The number of aliphatic hydroxyl groups is 1. The van der Waals surface area contributed by atoms with Crippen molar-refractivity contribution in [1.29, 1.82) is 0 Å². The number of fused-ring (bicyclic) bond motifs is 1. The molecule has 1 heterocycles. The molecule has 0 aromatic heterocycles. The predicted molar refractivity (Wildman–Crippen MR) is 49.8 cm³/mol. The van der Waals surface area contributed by atoms with Gasteiger partial charge in [-0.2, -0.15) is 0 Å². The van der Waals surface area contributed by atoms with Gasteiger partial charge in [0.1, 0.15) is 6.23 Å². The minimum Gasteiger partial charge on any atom is -0.370 e. The van der Waals surface area contributed by atoms with Crippen LogP contribution in [0.3, 0.4) is 0 Å². The van der Waals surface area contributed by atoms with Gasteiger partial charge in [-0.25, -0.2) is 0 Å². The Hall–Kier alpha value is -1.28. The number of aryl methyl sites for hydroxylation is 1. The lowest BCUT2D eigenvalue weighted by molar-refractivity contribution is 0.252. The molecule has 0 spiro atoms. The molecule has 0 radical (unpaired) electrons. The zero-order valence-electron chi connectivity index (χ0n) is 6.91. The fourth-order valence-corrected chi connectivity index (χ4v) is 1.42. The summed E-state index contributed by atoms with van der Waals surface area (Å²) in [6, 6.07) is 6.06. The molecule has 1 aliphatic rings. The van der Waals surface area contributed by atoms with Crippen molar-refractivity contribution in [3.8, 4) is 0 Å². The Morgan fingerprint density at radius 2 is 2.25 bits per heavy atom. The average Bonchev–Trinajstić information content (AvgIpc) is 2.07. The second-order valence-electron chi connectivity index (χ2n) is 2.99. The highest BCUT2D eigenvalue weighted by atomic mass is 16.3. The number of rotatable bonds is 0. The van der Waals surface area contributed by atoms with Crippen LogP contribution in [0.4, 0.5) is 5.69 Å². The Bertz CT molecular complexity index is 331. The molecule has 2 nitrogen and oxygen atoms in total. The monoisotopic (exact) mass is 161 g/mol. The van der Waals surface area contributed by atoms with Crippen molar-refractivity contribution in [2.45, 2.75) is 13.2 Å². The number of anilines is 1. The molecule has 0 fully saturated rings. The van der Waals surface area contributed by atoms with E-state index >= 15 is 0 Å². The van der Waals surface area contributed by atoms with Crippen LogP contribution in [0.5, 0.6) is 0 Å². The standard InChI is InChI=1S/C10H11NO/c1-7-3-2-4-8-5-6-9(12)11-10(7)8/h2-6,9,11-12H,1H3. The first-order valence-corrected chi connectivity index (χ1v) is 4.00. The van der Waals surface area contributed by atoms with E-state index in [1.54, 1.807) is 6.08 Å². The molecule has 0 saturated carbocycles. The van der Waals surface area contributed by atoms with Crippen molar-refractivity contribution in [3.63, 3.8) is 0 Å². The van der Waals surface area contributed by atoms with E-state index in [0.717, 1.165) is 16.8 Å². The van der Waals surface area contributed by atoms with E-state index in [4.69, 9.17) is 0 Å². The van der Waals surface area contributed by atoms with E-state index in [1.807, 2.05) is 31.2 Å². The van der Waals surface area contributed by atoms with E-state index in [0.29, 0.717) is 0 Å². The van der Waals surface area contributed by atoms with Gasteiger partial charge in [-0.15, -0.1) is 0 Å². The van der Waals surface area contributed by atoms with E-state index in [9.17, 15) is 5.11 Å². The number of nitrogens with one attached hydrogen (secondary N) is 1. The number of hydrogen-bond donors (Lipinski definition) is 2. The first-order chi connectivity index (χ1) is 5.77. The normalized spacial score (nSPS) is 20.0. The van der Waals surface area contributed by atoms with Crippen LogP contribution in [0.1, 0.15) is 11.1 Å². The van der Waals surface area contributed by atoms with Gasteiger partial charge >= 0.3 is 0 Å². The van der Waals surface area contributed by atoms with Crippen LogP contribution in [0, 0.1) is 6.92 Å². The quantitative estimate of drug-likeness (QED) is 0.607. The van der Waals surface area contributed by atoms with Gasteiger partial charge in [-0.3, -0.25) is 0 Å². The van der Waals surface area contributed by atoms with Crippen molar-refractivity contribution in [1.82, 2.24) is 0 Å². The molecule has 2 rings (SSSR count). The first kappa shape index (κ1) is 7.37. The molecule has 1 unspecified atom stereocenters. The lowest BCUT2D eigenvalue weighted by atomic mass is 10.0. The van der Waals surface area contributed by atoms with Gasteiger partial charge in [0.2, 0.25) is 0 Å². The van der Waals surface area contributed by atoms with Gasteiger partial charge in [0.25, 0.3) is 0 Å². The summed E-state index contributed by atoms with van der Waals surface area (Å²) in [7, 11) is 0. The third-order valence-corrected chi connectivity index (χ3v) is 2.06. The van der Waals surface area contributed by atoms with Gasteiger partial charge in [-0.05, 0) is 24.1 Å². The largest absolute Gasteiger partial charge is 0.370 e. The minimum atomic E-state index is -0.543. The Balaban J connectivity index is 2.53. The van der Waals surface area contributed by atoms with Crippen molar-refractivity contribution in [3.05, 3.63) is 35.4 Å². The molecule has 0 amide bonds. The lowest BCUT2D eigenvalue weighted by Gasteiger charge is -2.19. The minimum absolute atomic E-state index is 0.543. The number of benzene rings is 1. The van der Waals surface area contributed by atoms with Crippen LogP contribution in [0.25, 0.3) is 6.08 Å². The molecule has 0 aliphatic carbocycles. The van der Waals surface area contributed by atoms with Crippen LogP contribution in [-0.4, -0.2) is 11.3 Å². The maximum Gasteiger partial charge on any atom is 0.144 e. The number of para-hydroxylation sites is 1. The molecule has 12 heavy (non-hydrogen) atoms. The lowest BCUT2D eigenvalue weighted by Crippen LogP contribution is -2.19. The molecule has 62 valence electrons. The van der Waals surface area contributed by atoms with Crippen molar-refractivity contribution >= 4 is 11.8 Å². The van der Waals surface area contributed by atoms with Crippen LogP contribution in [0.2, 0.25) is 0 Å². The van der Waals surface area contributed by atoms with E-state index in [1.165, 1.54) is 0 Å². The van der Waals surface area contributed by atoms with Gasteiger partial charge in [-0.1, -0.05) is 24.3 Å². The summed E-state index contributed by atoms with van der Waals surface area (Å²) in [5.74, 6) is 0. The zero-order valence-corrected chi connectivity index (χ0v) is 6.91. The summed E-state index contributed by atoms with van der Waals surface area (Å²) < 4.78 is 0. The summed E-state index contributed by atoms with van der Waals surface area (Å²) in [5.41, 5.74) is 3.34. The Morgan fingerprint density at radius 1 is 1.42 bits per heavy atom. The number of hydrogen-bond acceptors (Lipinski definition) is 2. The molecule has 0 saturated heterocycles. The summed E-state index contributed by atoms with van der Waals surface area (Å²) >= 11 is 0. The highest BCUT2D eigenvalue weighted by molar-refractivity contribution is 5.73. The van der Waals surface area contributed by atoms with Crippen molar-refractivity contribution in [2.75, 3.05) is 5.32 Å². The Morgan fingerprint density at radius 3 is 3.08 bits per heavy atom. The maximum absolute atomic E-state index is 9.28. The average molecular weight is 161 g/mol. The van der Waals surface area contributed by atoms with E-state index in [-0.39, 0.29) is 0 Å². The van der Waals surface area contributed by atoms with Crippen LogP contribution in [0.15, 0.2) is 24.3 Å². The van der Waals surface area contributed by atoms with Crippen LogP contribution >= 0.6 is 0 Å². The number of aliphatic hydroxyl groups excluding tert-OH is 1. The fraction of sp³-hybridized carbons (Fsp3) is 0.200. The molecular formula is C10H11NO. The van der Waals surface area contributed by atoms with Gasteiger partial charge in [0.15, 0.2) is 0 Å². The third-order valence-electron chi connectivity index (χ3n) is 2.06. The highest BCUT2D eigenvalue weighted by Crippen LogP contribution is 2.25. The zero-order chi connectivity index (χ0) is 8.55. The van der Waals surface area contributed by atoms with Gasteiger partial charge < -0.3 is 10.4 Å². The topological polar surface area (TPSA) is 32.3 Å². The fourth-order valence-electron chi connectivity index (χ4n) is 1.42. The molecule has 0 bridgehead atoms. The van der Waals surface area contributed by atoms with Crippen LogP contribution < -0.4 is 5.32 Å². The summed E-state index contributed by atoms with van der Waals surface area (Å²) in [6.45, 7) is 2.03. The van der Waals surface area contributed by atoms with E-state index in [2.05, 4.69) is 5.32 Å². The second kappa shape index (κ2) is 2.64. The Kier molecular flexibility index (Phi) is 1.62. The highest BCUT2D eigenvalue weighted by Gasteiger charge is 2.10. The van der Waals surface area contributed by atoms with Crippen LogP contribution in [-0.2, 0) is 0 Å². The molecule has 1 aliphatic heterocycles. The van der Waals surface area contributed by atoms with E-state index < -0.39 is 6.23 Å². The summed E-state index contributed by atoms with van der Waals surface area (Å²) in [6.07, 6.45) is 3.13.